The van der Waals surface area contributed by atoms with Crippen molar-refractivity contribution in [3.8, 4) is 5.82 Å². The van der Waals surface area contributed by atoms with E-state index in [0.717, 1.165) is 11.0 Å². The van der Waals surface area contributed by atoms with Gasteiger partial charge < -0.3 is 4.74 Å². The summed E-state index contributed by atoms with van der Waals surface area (Å²) in [4.78, 5) is 20.3. The number of hydrogen-bond acceptors (Lipinski definition) is 6. The Morgan fingerprint density at radius 2 is 2.17 bits per heavy atom. The largest absolute Gasteiger partial charge is 0.371 e. The van der Waals surface area contributed by atoms with E-state index in [0.29, 0.717) is 18.3 Å². The zero-order chi connectivity index (χ0) is 16.4. The van der Waals surface area contributed by atoms with Crippen LogP contribution < -0.4 is 5.32 Å². The second kappa shape index (κ2) is 6.32. The Labute approximate surface area is 137 Å². The normalized spacial score (nSPS) is 14.0. The number of benzene rings is 1. The van der Waals surface area contributed by atoms with Crippen molar-refractivity contribution in [1.82, 2.24) is 25.0 Å². The van der Waals surface area contributed by atoms with Gasteiger partial charge in [-0.2, -0.15) is 9.67 Å². The summed E-state index contributed by atoms with van der Waals surface area (Å²) in [5.41, 5.74) is 1.61. The van der Waals surface area contributed by atoms with Gasteiger partial charge in [-0.15, -0.1) is 5.10 Å². The Balaban J connectivity index is 1.47. The molecule has 0 unspecified atom stereocenters. The van der Waals surface area contributed by atoms with E-state index in [9.17, 15) is 4.79 Å². The minimum absolute atomic E-state index is 0.0103. The molecule has 4 rings (SSSR count). The average Bonchev–Trinajstić information content (AvgIpc) is 3.31. The quantitative estimate of drug-likeness (QED) is 0.739. The minimum atomic E-state index is -0.267. The van der Waals surface area contributed by atoms with Crippen molar-refractivity contribution in [1.29, 1.82) is 0 Å². The van der Waals surface area contributed by atoms with Crippen LogP contribution in [0.1, 0.15) is 12.8 Å². The van der Waals surface area contributed by atoms with Gasteiger partial charge in [-0.3, -0.25) is 10.1 Å². The molecular formula is C16H16N6O2. The van der Waals surface area contributed by atoms with Gasteiger partial charge in [0, 0.05) is 12.3 Å². The number of anilines is 1. The van der Waals surface area contributed by atoms with E-state index >= 15 is 0 Å². The Bertz CT molecular complexity index is 874. The van der Waals surface area contributed by atoms with Crippen LogP contribution in [0, 0.1) is 5.92 Å². The van der Waals surface area contributed by atoms with E-state index in [2.05, 4.69) is 25.6 Å². The zero-order valence-electron chi connectivity index (χ0n) is 12.9. The Hall–Kier alpha value is -2.87. The van der Waals surface area contributed by atoms with Crippen LogP contribution in [0.2, 0.25) is 0 Å². The summed E-state index contributed by atoms with van der Waals surface area (Å²) in [5.74, 6) is 1.11. The van der Waals surface area contributed by atoms with Gasteiger partial charge >= 0.3 is 0 Å². The number of carbonyl (C=O) groups excluding carboxylic acids is 1. The van der Waals surface area contributed by atoms with Crippen LogP contribution in [-0.4, -0.2) is 44.1 Å². The predicted octanol–water partition coefficient (Wildman–Crippen LogP) is 1.58. The fourth-order valence-electron chi connectivity index (χ4n) is 2.33. The number of nitrogens with zero attached hydrogens (tertiary/aromatic N) is 5. The number of fused-ring (bicyclic) bond motifs is 1. The van der Waals surface area contributed by atoms with Gasteiger partial charge in [0.2, 0.25) is 5.95 Å². The van der Waals surface area contributed by atoms with E-state index in [1.54, 1.807) is 16.9 Å². The smallest absolute Gasteiger partial charge is 0.252 e. The first kappa shape index (κ1) is 14.7. The van der Waals surface area contributed by atoms with Gasteiger partial charge in [-0.25, -0.2) is 4.98 Å². The highest BCUT2D eigenvalue weighted by Gasteiger charge is 2.21. The summed E-state index contributed by atoms with van der Waals surface area (Å²) in [5, 5.41) is 10.8. The molecule has 1 saturated carbocycles. The van der Waals surface area contributed by atoms with Gasteiger partial charge in [0.25, 0.3) is 5.91 Å². The molecule has 122 valence electrons. The maximum absolute atomic E-state index is 11.9. The monoisotopic (exact) mass is 324 g/mol. The lowest BCUT2D eigenvalue weighted by Crippen LogP contribution is -2.20. The van der Waals surface area contributed by atoms with Gasteiger partial charge in [0.1, 0.15) is 12.1 Å². The molecule has 2 aromatic heterocycles. The molecule has 2 heterocycles. The molecule has 3 aromatic rings. The third-order valence-corrected chi connectivity index (χ3v) is 3.74. The fraction of sp³-hybridized carbons (Fsp3) is 0.312. The maximum Gasteiger partial charge on any atom is 0.252 e. The van der Waals surface area contributed by atoms with Crippen LogP contribution >= 0.6 is 0 Å². The molecule has 24 heavy (non-hydrogen) atoms. The molecule has 1 fully saturated rings. The number of hydrogen-bond donors (Lipinski definition) is 1. The van der Waals surface area contributed by atoms with Crippen molar-refractivity contribution in [2.75, 3.05) is 18.5 Å². The van der Waals surface area contributed by atoms with Gasteiger partial charge in [0.05, 0.1) is 12.1 Å². The number of aromatic nitrogens is 5. The molecule has 1 aliphatic carbocycles. The molecule has 0 saturated heterocycles. The van der Waals surface area contributed by atoms with Gasteiger partial charge in [-0.1, -0.05) is 17.3 Å². The van der Waals surface area contributed by atoms with Crippen molar-refractivity contribution in [2.24, 2.45) is 5.92 Å². The van der Waals surface area contributed by atoms with Gasteiger partial charge in [0.15, 0.2) is 5.82 Å². The highest BCUT2D eigenvalue weighted by molar-refractivity contribution is 5.90. The Morgan fingerprint density at radius 1 is 1.29 bits per heavy atom. The lowest BCUT2D eigenvalue weighted by molar-refractivity contribution is -0.120. The van der Waals surface area contributed by atoms with E-state index in [1.807, 2.05) is 24.3 Å². The summed E-state index contributed by atoms with van der Waals surface area (Å²) in [7, 11) is 0. The molecule has 8 heteroatoms. The number of para-hydroxylation sites is 1. The Morgan fingerprint density at radius 3 is 3.04 bits per heavy atom. The van der Waals surface area contributed by atoms with Crippen molar-refractivity contribution >= 4 is 22.9 Å². The van der Waals surface area contributed by atoms with Crippen LogP contribution in [0.15, 0.2) is 36.5 Å². The molecule has 1 aliphatic rings. The second-order valence-electron chi connectivity index (χ2n) is 5.74. The second-order valence-corrected chi connectivity index (χ2v) is 5.74. The van der Waals surface area contributed by atoms with Crippen LogP contribution in [-0.2, 0) is 9.53 Å². The maximum atomic E-state index is 11.9. The first-order valence-electron chi connectivity index (χ1n) is 7.81. The van der Waals surface area contributed by atoms with E-state index in [4.69, 9.17) is 4.74 Å². The lowest BCUT2D eigenvalue weighted by atomic mass is 10.3. The summed E-state index contributed by atoms with van der Waals surface area (Å²) in [6, 6.07) is 9.29. The standard InChI is InChI=1S/C16H16N6O2/c23-15(10-24-9-11-5-6-11)19-16-17-8-7-14(18-16)22-13-4-2-1-3-12(13)20-21-22/h1-4,7-8,11H,5-6,9-10H2,(H,17,18,19,23). The molecule has 0 atom stereocenters. The van der Waals surface area contributed by atoms with Crippen molar-refractivity contribution < 1.29 is 9.53 Å². The molecule has 1 amide bonds. The SMILES string of the molecule is O=C(COCC1CC1)Nc1nccc(-n2nnc3ccccc32)n1. The highest BCUT2D eigenvalue weighted by Crippen LogP contribution is 2.28. The molecule has 0 radical (unpaired) electrons. The van der Waals surface area contributed by atoms with E-state index < -0.39 is 0 Å². The Kier molecular flexibility index (Phi) is 3.87. The lowest BCUT2D eigenvalue weighted by Gasteiger charge is -2.06. The van der Waals surface area contributed by atoms with Crippen molar-refractivity contribution in [3.63, 3.8) is 0 Å². The third-order valence-electron chi connectivity index (χ3n) is 3.74. The first-order valence-corrected chi connectivity index (χ1v) is 7.81. The minimum Gasteiger partial charge on any atom is -0.371 e. The van der Waals surface area contributed by atoms with E-state index in [-0.39, 0.29) is 18.5 Å². The molecule has 8 nitrogen and oxygen atoms in total. The number of amides is 1. The summed E-state index contributed by atoms with van der Waals surface area (Å²) in [6.45, 7) is 0.648. The van der Waals surface area contributed by atoms with Crippen LogP contribution in [0.3, 0.4) is 0 Å². The molecule has 0 aliphatic heterocycles. The molecule has 0 bridgehead atoms. The summed E-state index contributed by atoms with van der Waals surface area (Å²) < 4.78 is 6.96. The molecule has 0 spiro atoms. The van der Waals surface area contributed by atoms with Gasteiger partial charge in [-0.05, 0) is 30.9 Å². The average molecular weight is 324 g/mol. The number of rotatable bonds is 6. The molecule has 1 N–H and O–H groups in total. The van der Waals surface area contributed by atoms with Crippen molar-refractivity contribution in [2.45, 2.75) is 12.8 Å². The highest BCUT2D eigenvalue weighted by atomic mass is 16.5. The van der Waals surface area contributed by atoms with E-state index in [1.165, 1.54) is 12.8 Å². The summed E-state index contributed by atoms with van der Waals surface area (Å²) >= 11 is 0. The summed E-state index contributed by atoms with van der Waals surface area (Å²) in [6.07, 6.45) is 3.96. The van der Waals surface area contributed by atoms with Crippen LogP contribution in [0.5, 0.6) is 0 Å². The number of nitrogens with one attached hydrogen (secondary N) is 1. The molecule has 1 aromatic carbocycles. The molecular weight excluding hydrogens is 308 g/mol. The van der Waals surface area contributed by atoms with Crippen LogP contribution in [0.25, 0.3) is 16.9 Å². The third kappa shape index (κ3) is 3.23. The first-order chi connectivity index (χ1) is 11.8. The van der Waals surface area contributed by atoms with Crippen molar-refractivity contribution in [3.05, 3.63) is 36.5 Å². The predicted molar refractivity (Wildman–Crippen MR) is 86.6 cm³/mol. The van der Waals surface area contributed by atoms with Crippen LogP contribution in [0.4, 0.5) is 5.95 Å². The number of ether oxygens (including phenoxy) is 1. The topological polar surface area (TPSA) is 94.8 Å². The zero-order valence-corrected chi connectivity index (χ0v) is 12.9. The number of carbonyl (C=O) groups is 1. The fourth-order valence-corrected chi connectivity index (χ4v) is 2.33.